The van der Waals surface area contributed by atoms with Crippen molar-refractivity contribution >= 4 is 28.6 Å². The summed E-state index contributed by atoms with van der Waals surface area (Å²) in [7, 11) is 0. The van der Waals surface area contributed by atoms with Gasteiger partial charge in [-0.05, 0) is 23.7 Å². The molecule has 0 unspecified atom stereocenters. The first-order chi connectivity index (χ1) is 12.5. The first-order valence-corrected chi connectivity index (χ1v) is 8.08. The van der Waals surface area contributed by atoms with Gasteiger partial charge in [-0.25, -0.2) is 19.3 Å². The fraction of sp³-hybridized carbons (Fsp3) is 0.333. The lowest BCUT2D eigenvalue weighted by Gasteiger charge is -2.16. The first kappa shape index (κ1) is 17.0. The van der Waals surface area contributed by atoms with Gasteiger partial charge in [-0.1, -0.05) is 0 Å². The number of aliphatic hydroxyl groups is 2. The molecule has 1 fully saturated rings. The van der Waals surface area contributed by atoms with E-state index in [0.29, 0.717) is 22.6 Å². The molecule has 3 aromatic rings. The van der Waals surface area contributed by atoms with Gasteiger partial charge in [0.2, 0.25) is 5.28 Å². The third kappa shape index (κ3) is 2.67. The Kier molecular flexibility index (Phi) is 4.19. The molecule has 4 atom stereocenters. The maximum atomic E-state index is 14.0. The Labute approximate surface area is 151 Å². The van der Waals surface area contributed by atoms with Crippen LogP contribution in [0.5, 0.6) is 0 Å². The van der Waals surface area contributed by atoms with Gasteiger partial charge >= 0.3 is 0 Å². The number of aliphatic hydroxyl groups excluding tert-OH is 2. The molecule has 4 N–H and O–H groups in total. The molecule has 3 aromatic heterocycles. The maximum absolute atomic E-state index is 14.0. The van der Waals surface area contributed by atoms with Crippen molar-refractivity contribution in [2.45, 2.75) is 24.6 Å². The van der Waals surface area contributed by atoms with E-state index < -0.39 is 31.2 Å². The van der Waals surface area contributed by atoms with E-state index >= 15 is 0 Å². The van der Waals surface area contributed by atoms with Crippen LogP contribution in [0, 0.1) is 0 Å². The predicted molar refractivity (Wildman–Crippen MR) is 89.9 cm³/mol. The monoisotopic (exact) mass is 380 g/mol. The molecule has 4 rings (SSSR count). The van der Waals surface area contributed by atoms with E-state index in [4.69, 9.17) is 22.1 Å². The van der Waals surface area contributed by atoms with Crippen molar-refractivity contribution in [3.8, 4) is 11.3 Å². The van der Waals surface area contributed by atoms with E-state index in [1.165, 1.54) is 17.1 Å². The van der Waals surface area contributed by atoms with E-state index in [1.54, 1.807) is 12.1 Å². The maximum Gasteiger partial charge on any atom is 0.225 e. The van der Waals surface area contributed by atoms with E-state index in [0.717, 1.165) is 0 Å². The quantitative estimate of drug-likeness (QED) is 0.566. The third-order valence-corrected chi connectivity index (χ3v) is 4.36. The highest BCUT2D eigenvalue weighted by Crippen LogP contribution is 2.34. The molecule has 136 valence electrons. The van der Waals surface area contributed by atoms with Gasteiger partial charge in [-0.15, -0.1) is 0 Å². The van der Waals surface area contributed by atoms with Crippen LogP contribution >= 0.6 is 11.6 Å². The van der Waals surface area contributed by atoms with Gasteiger partial charge in [-0.2, -0.15) is 4.98 Å². The van der Waals surface area contributed by atoms with E-state index in [9.17, 15) is 14.6 Å². The number of imidazole rings is 1. The molecule has 0 amide bonds. The number of hydrogen-bond donors (Lipinski definition) is 3. The van der Waals surface area contributed by atoms with Gasteiger partial charge in [0, 0.05) is 11.8 Å². The molecule has 0 spiro atoms. The number of pyridine rings is 1. The summed E-state index contributed by atoms with van der Waals surface area (Å²) < 4.78 is 20.8. The number of alkyl halides is 1. The van der Waals surface area contributed by atoms with Crippen LogP contribution in [0.15, 0.2) is 24.7 Å². The number of nitrogen functional groups attached to an aromatic ring is 1. The fourth-order valence-corrected chi connectivity index (χ4v) is 3.07. The Morgan fingerprint density at radius 3 is 2.77 bits per heavy atom. The van der Waals surface area contributed by atoms with Gasteiger partial charge in [-0.3, -0.25) is 4.57 Å². The van der Waals surface area contributed by atoms with Crippen LogP contribution in [-0.2, 0) is 4.74 Å². The zero-order chi connectivity index (χ0) is 18.4. The fourth-order valence-electron chi connectivity index (χ4n) is 2.91. The molecule has 1 saturated heterocycles. The zero-order valence-electron chi connectivity index (χ0n) is 13.2. The van der Waals surface area contributed by atoms with Crippen LogP contribution in [0.2, 0.25) is 5.28 Å². The molecule has 9 nitrogen and oxygen atoms in total. The Balaban J connectivity index is 1.83. The summed E-state index contributed by atoms with van der Waals surface area (Å²) in [6.07, 6.45) is -2.58. The Bertz CT molecular complexity index is 952. The van der Waals surface area contributed by atoms with Crippen molar-refractivity contribution in [3.05, 3.63) is 29.9 Å². The predicted octanol–water partition coefficient (Wildman–Crippen LogP) is 0.713. The molecular weight excluding hydrogens is 367 g/mol. The Morgan fingerprint density at radius 2 is 2.12 bits per heavy atom. The minimum absolute atomic E-state index is 0.0610. The number of ether oxygens (including phenoxy) is 1. The van der Waals surface area contributed by atoms with Gasteiger partial charge in [0.25, 0.3) is 0 Å². The summed E-state index contributed by atoms with van der Waals surface area (Å²) in [5.74, 6) is 0.349. The number of fused-ring (bicyclic) bond motifs is 1. The van der Waals surface area contributed by atoms with E-state index in [2.05, 4.69) is 19.9 Å². The largest absolute Gasteiger partial charge is 0.394 e. The number of nitrogens with zero attached hydrogens (tertiary/aromatic N) is 5. The van der Waals surface area contributed by atoms with Gasteiger partial charge in [0.05, 0.1) is 12.9 Å². The molecular formula is C15H14ClFN6O3. The summed E-state index contributed by atoms with van der Waals surface area (Å²) >= 11 is 6.04. The third-order valence-electron chi connectivity index (χ3n) is 4.20. The minimum atomic E-state index is -1.74. The molecule has 11 heteroatoms. The number of nitrogens with two attached hydrogens (primary N) is 1. The standard InChI is InChI=1S/C15H14ClFN6O3/c16-15-21-10(6-1-2-8(18)19-3-6)11-13(22-15)23(5-20-11)14-12(25)9(17)7(4-24)26-14/h1-3,5,7,9,12,14,24-25H,4H2,(H2,18,19)/t7-,9-,12-,14-/m1/s1. The highest BCUT2D eigenvalue weighted by molar-refractivity contribution is 6.28. The molecule has 0 aliphatic carbocycles. The lowest BCUT2D eigenvalue weighted by atomic mass is 10.1. The summed E-state index contributed by atoms with van der Waals surface area (Å²) in [6, 6.07) is 3.32. The number of rotatable bonds is 3. The van der Waals surface area contributed by atoms with E-state index in [-0.39, 0.29) is 10.9 Å². The Morgan fingerprint density at radius 1 is 1.31 bits per heavy atom. The van der Waals surface area contributed by atoms with Crippen LogP contribution in [0.3, 0.4) is 0 Å². The number of aromatic nitrogens is 5. The van der Waals surface area contributed by atoms with Crippen molar-refractivity contribution in [1.29, 1.82) is 0 Å². The number of anilines is 1. The SMILES string of the molecule is Nc1ccc(-c2nc(Cl)nc3c2ncn3[C@@H]2O[C@H](CO)[C@@H](F)[C@H]2O)cn1. The molecule has 1 aliphatic heterocycles. The number of halogens is 2. The van der Waals surface area contributed by atoms with Crippen LogP contribution < -0.4 is 5.73 Å². The molecule has 0 saturated carbocycles. The highest BCUT2D eigenvalue weighted by atomic mass is 35.5. The molecule has 4 heterocycles. The van der Waals surface area contributed by atoms with E-state index in [1.807, 2.05) is 0 Å². The van der Waals surface area contributed by atoms with Gasteiger partial charge in [0.1, 0.15) is 29.2 Å². The van der Waals surface area contributed by atoms with Gasteiger partial charge < -0.3 is 20.7 Å². The summed E-state index contributed by atoms with van der Waals surface area (Å²) in [6.45, 7) is -0.556. The lowest BCUT2D eigenvalue weighted by Crippen LogP contribution is -2.29. The van der Waals surface area contributed by atoms with Crippen LogP contribution in [-0.4, -0.2) is 59.7 Å². The molecule has 0 bridgehead atoms. The summed E-state index contributed by atoms with van der Waals surface area (Å²) in [5, 5.41) is 19.2. The average Bonchev–Trinajstić information content (AvgIpc) is 3.16. The molecule has 0 radical (unpaired) electrons. The first-order valence-electron chi connectivity index (χ1n) is 7.70. The van der Waals surface area contributed by atoms with Crippen LogP contribution in [0.1, 0.15) is 6.23 Å². The topological polar surface area (TPSA) is 132 Å². The highest BCUT2D eigenvalue weighted by Gasteiger charge is 2.45. The molecule has 0 aromatic carbocycles. The van der Waals surface area contributed by atoms with Crippen molar-refractivity contribution in [2.75, 3.05) is 12.3 Å². The smallest absolute Gasteiger partial charge is 0.225 e. The second kappa shape index (κ2) is 6.40. The zero-order valence-corrected chi connectivity index (χ0v) is 14.0. The lowest BCUT2D eigenvalue weighted by molar-refractivity contribution is -0.0495. The normalized spacial score (nSPS) is 25.8. The second-order valence-corrected chi connectivity index (χ2v) is 6.16. The number of hydrogen-bond acceptors (Lipinski definition) is 8. The summed E-state index contributed by atoms with van der Waals surface area (Å²) in [5.41, 5.74) is 7.25. The average molecular weight is 381 g/mol. The summed E-state index contributed by atoms with van der Waals surface area (Å²) in [4.78, 5) is 16.6. The van der Waals surface area contributed by atoms with Crippen molar-refractivity contribution in [2.24, 2.45) is 0 Å². The van der Waals surface area contributed by atoms with Crippen LogP contribution in [0.4, 0.5) is 10.2 Å². The minimum Gasteiger partial charge on any atom is -0.394 e. The molecule has 26 heavy (non-hydrogen) atoms. The molecule has 1 aliphatic rings. The van der Waals surface area contributed by atoms with Crippen molar-refractivity contribution in [3.63, 3.8) is 0 Å². The van der Waals surface area contributed by atoms with Crippen molar-refractivity contribution in [1.82, 2.24) is 24.5 Å². The second-order valence-electron chi connectivity index (χ2n) is 5.82. The van der Waals surface area contributed by atoms with Gasteiger partial charge in [0.15, 0.2) is 18.0 Å². The van der Waals surface area contributed by atoms with Crippen LogP contribution in [0.25, 0.3) is 22.4 Å². The Hall–Kier alpha value is -2.40. The van der Waals surface area contributed by atoms with Crippen molar-refractivity contribution < 1.29 is 19.3 Å².